The fraction of sp³-hybridized carbons (Fsp3) is 0.0833. The second-order valence-electron chi connectivity index (χ2n) is 7.55. The zero-order chi connectivity index (χ0) is 25.3. The van der Waals surface area contributed by atoms with E-state index in [0.29, 0.717) is 39.4 Å². The van der Waals surface area contributed by atoms with Crippen LogP contribution in [-0.4, -0.2) is 38.6 Å². The van der Waals surface area contributed by atoms with Gasteiger partial charge in [-0.2, -0.15) is 0 Å². The number of H-pyrrole nitrogens is 1. The number of imidazole rings is 1. The second kappa shape index (κ2) is 9.06. The van der Waals surface area contributed by atoms with E-state index >= 15 is 0 Å². The molecule has 0 aliphatic rings. The van der Waals surface area contributed by atoms with Gasteiger partial charge in [-0.1, -0.05) is 6.07 Å². The Morgan fingerprint density at radius 3 is 2.26 bits per heavy atom. The quantitative estimate of drug-likeness (QED) is 0.122. The fourth-order valence-corrected chi connectivity index (χ4v) is 3.59. The minimum Gasteiger partial charge on any atom is -0.427 e. The molecule has 0 amide bonds. The van der Waals surface area contributed by atoms with E-state index in [-0.39, 0.29) is 28.7 Å². The van der Waals surface area contributed by atoms with Crippen LogP contribution < -0.4 is 20.9 Å². The number of esters is 2. The van der Waals surface area contributed by atoms with Gasteiger partial charge in [-0.25, -0.2) is 9.97 Å². The summed E-state index contributed by atoms with van der Waals surface area (Å²) in [5.41, 5.74) is 14.5. The Kier molecular flexibility index (Phi) is 5.98. The zero-order valence-corrected chi connectivity index (χ0v) is 18.8. The molecular weight excluding hydrogens is 450 g/mol. The van der Waals surface area contributed by atoms with Crippen LogP contribution >= 0.6 is 0 Å². The lowest BCUT2D eigenvalue weighted by atomic mass is 10.0. The molecule has 2 aromatic carbocycles. The van der Waals surface area contributed by atoms with Crippen molar-refractivity contribution in [1.82, 2.24) is 15.0 Å². The van der Waals surface area contributed by atoms with E-state index < -0.39 is 11.9 Å². The molecule has 0 atom stereocenters. The summed E-state index contributed by atoms with van der Waals surface area (Å²) < 4.78 is 10.3. The topological polar surface area (TPSA) is 194 Å². The van der Waals surface area contributed by atoms with Crippen LogP contribution in [0.25, 0.3) is 33.8 Å². The molecule has 35 heavy (non-hydrogen) atoms. The van der Waals surface area contributed by atoms with Gasteiger partial charge in [0.25, 0.3) is 0 Å². The molecule has 0 saturated carbocycles. The van der Waals surface area contributed by atoms with Gasteiger partial charge in [0.1, 0.15) is 34.4 Å². The van der Waals surface area contributed by atoms with Crippen LogP contribution in [0.3, 0.4) is 0 Å². The van der Waals surface area contributed by atoms with Crippen molar-refractivity contribution in [2.45, 2.75) is 13.8 Å². The molecule has 7 N–H and O–H groups in total. The van der Waals surface area contributed by atoms with Crippen molar-refractivity contribution in [3.05, 3.63) is 59.7 Å². The van der Waals surface area contributed by atoms with Crippen molar-refractivity contribution in [2.24, 2.45) is 11.5 Å². The van der Waals surface area contributed by atoms with Gasteiger partial charge in [0.2, 0.25) is 0 Å². The lowest BCUT2D eigenvalue weighted by molar-refractivity contribution is -0.132. The van der Waals surface area contributed by atoms with Crippen LogP contribution in [0.2, 0.25) is 0 Å². The predicted molar refractivity (Wildman–Crippen MR) is 129 cm³/mol. The number of carbonyl (C=O) groups is 2. The summed E-state index contributed by atoms with van der Waals surface area (Å²) in [4.78, 5) is 35.1. The molecule has 0 unspecified atom stereocenters. The van der Waals surface area contributed by atoms with Gasteiger partial charge >= 0.3 is 11.9 Å². The van der Waals surface area contributed by atoms with Gasteiger partial charge in [0, 0.05) is 25.0 Å². The Hall–Kier alpha value is -5.06. The lowest BCUT2D eigenvalue weighted by Crippen LogP contribution is -2.15. The Balaban J connectivity index is 1.81. The Labute approximate surface area is 199 Å². The molecule has 2 aromatic heterocycles. The van der Waals surface area contributed by atoms with E-state index in [1.165, 1.54) is 26.0 Å². The molecule has 0 aliphatic heterocycles. The molecule has 11 nitrogen and oxygen atoms in total. The predicted octanol–water partition coefficient (Wildman–Crippen LogP) is 2.71. The minimum absolute atomic E-state index is 0.135. The first-order valence-electron chi connectivity index (χ1n) is 10.3. The van der Waals surface area contributed by atoms with Crippen molar-refractivity contribution in [3.63, 3.8) is 0 Å². The standard InChI is InChI=1S/C24H21N7O4/c1-11(32)34-13-6-7-14(15(10-13)22(25)26)16-4-3-5-18(29-16)24-30-17-8-9-19(35-12(2)33)20(23(27)28)21(17)31-24/h3-10H,1-2H3,(H3,25,26)(H3,27,28)(H,30,31). The number of aromatic amines is 1. The van der Waals surface area contributed by atoms with Gasteiger partial charge in [0.15, 0.2) is 5.82 Å². The summed E-state index contributed by atoms with van der Waals surface area (Å²) in [6.45, 7) is 2.54. The molecule has 11 heteroatoms. The van der Waals surface area contributed by atoms with Crippen LogP contribution in [-0.2, 0) is 9.59 Å². The van der Waals surface area contributed by atoms with E-state index in [4.69, 9.17) is 31.8 Å². The van der Waals surface area contributed by atoms with Crippen molar-refractivity contribution >= 4 is 34.6 Å². The number of hydrogen-bond acceptors (Lipinski definition) is 8. The minimum atomic E-state index is -0.544. The average Bonchev–Trinajstić information content (AvgIpc) is 3.22. The molecule has 0 radical (unpaired) electrons. The number of fused-ring (bicyclic) bond motifs is 1. The van der Waals surface area contributed by atoms with Crippen LogP contribution in [0.1, 0.15) is 25.0 Å². The number of pyridine rings is 1. The molecule has 4 aromatic rings. The highest BCUT2D eigenvalue weighted by Gasteiger charge is 2.19. The maximum absolute atomic E-state index is 11.5. The largest absolute Gasteiger partial charge is 0.427 e. The smallest absolute Gasteiger partial charge is 0.308 e. The summed E-state index contributed by atoms with van der Waals surface area (Å²) in [6, 6.07) is 13.2. The summed E-state index contributed by atoms with van der Waals surface area (Å²) in [7, 11) is 0. The lowest BCUT2D eigenvalue weighted by Gasteiger charge is -2.11. The first-order valence-corrected chi connectivity index (χ1v) is 10.3. The Morgan fingerprint density at radius 1 is 0.886 bits per heavy atom. The van der Waals surface area contributed by atoms with Gasteiger partial charge in [-0.3, -0.25) is 20.4 Å². The van der Waals surface area contributed by atoms with E-state index in [1.807, 2.05) is 0 Å². The maximum atomic E-state index is 11.5. The van der Waals surface area contributed by atoms with Gasteiger partial charge in [-0.15, -0.1) is 0 Å². The summed E-state index contributed by atoms with van der Waals surface area (Å²) in [5.74, 6) is -0.752. The maximum Gasteiger partial charge on any atom is 0.308 e. The Morgan fingerprint density at radius 2 is 1.60 bits per heavy atom. The normalized spacial score (nSPS) is 10.7. The number of amidine groups is 2. The fourth-order valence-electron chi connectivity index (χ4n) is 3.59. The third-order valence-corrected chi connectivity index (χ3v) is 4.95. The molecule has 4 rings (SSSR count). The molecular formula is C24H21N7O4. The van der Waals surface area contributed by atoms with Gasteiger partial charge in [0.05, 0.1) is 16.8 Å². The van der Waals surface area contributed by atoms with Crippen LogP contribution in [0.15, 0.2) is 48.5 Å². The van der Waals surface area contributed by atoms with Gasteiger partial charge in [-0.05, 0) is 42.5 Å². The molecule has 0 spiro atoms. The van der Waals surface area contributed by atoms with E-state index in [1.54, 1.807) is 36.4 Å². The summed E-state index contributed by atoms with van der Waals surface area (Å²) in [6.07, 6.45) is 0. The molecule has 0 saturated heterocycles. The summed E-state index contributed by atoms with van der Waals surface area (Å²) in [5, 5.41) is 15.9. The third-order valence-electron chi connectivity index (χ3n) is 4.95. The van der Waals surface area contributed by atoms with Crippen molar-refractivity contribution < 1.29 is 19.1 Å². The van der Waals surface area contributed by atoms with Crippen LogP contribution in [0, 0.1) is 10.8 Å². The highest BCUT2D eigenvalue weighted by atomic mass is 16.5. The number of aromatic nitrogens is 3. The number of nitrogens with two attached hydrogens (primary N) is 2. The number of carbonyl (C=O) groups excluding carboxylic acids is 2. The number of benzene rings is 2. The highest BCUT2D eigenvalue weighted by molar-refractivity contribution is 6.09. The molecule has 2 heterocycles. The number of nitrogens with zero attached hydrogens (tertiary/aromatic N) is 2. The first-order chi connectivity index (χ1) is 16.6. The number of ether oxygens (including phenoxy) is 2. The second-order valence-corrected chi connectivity index (χ2v) is 7.55. The Bertz CT molecular complexity index is 1520. The van der Waals surface area contributed by atoms with E-state index in [0.717, 1.165) is 0 Å². The third kappa shape index (κ3) is 4.69. The molecule has 0 aliphatic carbocycles. The van der Waals surface area contributed by atoms with Crippen molar-refractivity contribution in [2.75, 3.05) is 0 Å². The monoisotopic (exact) mass is 471 g/mol. The van der Waals surface area contributed by atoms with E-state index in [9.17, 15) is 9.59 Å². The molecule has 0 fully saturated rings. The molecule has 176 valence electrons. The van der Waals surface area contributed by atoms with E-state index in [2.05, 4.69) is 15.0 Å². The van der Waals surface area contributed by atoms with Crippen molar-refractivity contribution in [1.29, 1.82) is 10.8 Å². The number of nitrogens with one attached hydrogen (secondary N) is 3. The highest BCUT2D eigenvalue weighted by Crippen LogP contribution is 2.31. The van der Waals surface area contributed by atoms with Gasteiger partial charge < -0.3 is 25.9 Å². The first kappa shape index (κ1) is 23.1. The van der Waals surface area contributed by atoms with Crippen LogP contribution in [0.5, 0.6) is 11.5 Å². The molecule has 0 bridgehead atoms. The van der Waals surface area contributed by atoms with Crippen LogP contribution in [0.4, 0.5) is 0 Å². The number of rotatable bonds is 6. The zero-order valence-electron chi connectivity index (χ0n) is 18.8. The number of hydrogen-bond donors (Lipinski definition) is 5. The average molecular weight is 471 g/mol. The summed E-state index contributed by atoms with van der Waals surface area (Å²) >= 11 is 0. The number of nitrogen functional groups attached to an aromatic ring is 2. The van der Waals surface area contributed by atoms with Crippen molar-refractivity contribution in [3.8, 4) is 34.3 Å². The SMILES string of the molecule is CC(=O)Oc1ccc(-c2cccc(-c3nc4c(C(=N)N)c(OC(C)=O)ccc4[nH]3)n2)c(C(=N)N)c1.